The Hall–Kier alpha value is -0.826. The lowest BCUT2D eigenvalue weighted by molar-refractivity contribution is -0.143. The molecule has 8 heteroatoms. The van der Waals surface area contributed by atoms with Crippen molar-refractivity contribution in [1.82, 2.24) is 0 Å². The summed E-state index contributed by atoms with van der Waals surface area (Å²) in [5.74, 6) is 0.259. The van der Waals surface area contributed by atoms with Crippen molar-refractivity contribution < 1.29 is 13.6 Å². The van der Waals surface area contributed by atoms with Crippen molar-refractivity contribution >= 4 is 22.6 Å². The van der Waals surface area contributed by atoms with E-state index in [4.69, 9.17) is 8.85 Å². The van der Waals surface area contributed by atoms with E-state index in [9.17, 15) is 10.3 Å². The molecule has 0 aromatic heterocycles. The second-order valence-corrected chi connectivity index (χ2v) is 23.7. The maximum absolute atomic E-state index is 13.6. The van der Waals surface area contributed by atoms with Crippen LogP contribution in [0.15, 0.2) is 5.11 Å². The van der Waals surface area contributed by atoms with Crippen LogP contribution in [0.1, 0.15) is 100 Å². The van der Waals surface area contributed by atoms with Crippen molar-refractivity contribution in [3.05, 3.63) is 10.4 Å². The molecule has 0 radical (unpaired) electrons. The molecule has 1 aliphatic rings. The highest BCUT2D eigenvalue weighted by Crippen LogP contribution is 2.41. The topological polar surface area (TPSA) is 84.3 Å². The Morgan fingerprint density at radius 3 is 1.91 bits per heavy atom. The zero-order valence-corrected chi connectivity index (χ0v) is 26.9. The Morgan fingerprint density at radius 1 is 0.971 bits per heavy atom. The van der Waals surface area contributed by atoms with E-state index in [2.05, 4.69) is 91.6 Å². The van der Waals surface area contributed by atoms with E-state index in [1.165, 1.54) is 32.1 Å². The third-order valence-corrected chi connectivity index (χ3v) is 17.8. The first-order valence-electron chi connectivity index (χ1n) is 13.8. The summed E-state index contributed by atoms with van der Waals surface area (Å²) in [6.45, 7) is 26.1. The van der Waals surface area contributed by atoms with E-state index in [0.29, 0.717) is 12.3 Å². The van der Waals surface area contributed by atoms with Gasteiger partial charge in [0, 0.05) is 4.91 Å². The molecular formula is C27H55N3O3Si2. The minimum atomic E-state index is -2.25. The van der Waals surface area contributed by atoms with Gasteiger partial charge in [0.15, 0.2) is 8.32 Å². The second-order valence-electron chi connectivity index (χ2n) is 14.2. The highest BCUT2D eigenvalue weighted by atomic mass is 28.4. The number of carbonyl (C=O) groups excluding carboxylic acids is 1. The third kappa shape index (κ3) is 9.53. The molecule has 0 aliphatic heterocycles. The zero-order valence-electron chi connectivity index (χ0n) is 24.9. The summed E-state index contributed by atoms with van der Waals surface area (Å²) in [5.41, 5.74) is 9.50. The Kier molecular flexibility index (Phi) is 11.6. The predicted molar refractivity (Wildman–Crippen MR) is 152 cm³/mol. The zero-order chi connectivity index (χ0) is 27.2. The molecule has 0 amide bonds. The molecule has 0 N–H and O–H groups in total. The number of rotatable bonds is 11. The number of nitrogens with zero attached hydrogens (tertiary/aromatic N) is 3. The van der Waals surface area contributed by atoms with E-state index in [0.717, 1.165) is 6.42 Å². The second kappa shape index (κ2) is 12.6. The van der Waals surface area contributed by atoms with Crippen molar-refractivity contribution in [2.24, 2.45) is 22.9 Å². The summed E-state index contributed by atoms with van der Waals surface area (Å²) in [7, 11) is -4.41. The molecule has 0 saturated heterocycles. The Labute approximate surface area is 218 Å². The van der Waals surface area contributed by atoms with Crippen LogP contribution in [0.5, 0.6) is 0 Å². The lowest BCUT2D eigenvalue weighted by Gasteiger charge is -2.43. The Morgan fingerprint density at radius 2 is 1.49 bits per heavy atom. The summed E-state index contributed by atoms with van der Waals surface area (Å²) in [5, 5.41) is 4.28. The Balaban J connectivity index is 3.32. The molecular weight excluding hydrogens is 470 g/mol. The van der Waals surface area contributed by atoms with Crippen molar-refractivity contribution in [3.63, 3.8) is 0 Å². The summed E-state index contributed by atoms with van der Waals surface area (Å²) in [6.07, 6.45) is 7.24. The molecule has 204 valence electrons. The molecule has 0 aromatic rings. The van der Waals surface area contributed by atoms with E-state index < -0.39 is 16.6 Å². The number of hydrogen-bond acceptors (Lipinski definition) is 4. The number of carbonyl (C=O) groups is 1. The van der Waals surface area contributed by atoms with Crippen molar-refractivity contribution in [2.45, 2.75) is 149 Å². The van der Waals surface area contributed by atoms with Crippen LogP contribution in [0.2, 0.25) is 36.3 Å². The quantitative estimate of drug-likeness (QED) is 0.117. The fourth-order valence-electron chi connectivity index (χ4n) is 4.31. The molecule has 3 atom stereocenters. The average Bonchev–Trinajstić information content (AvgIpc) is 2.69. The van der Waals surface area contributed by atoms with Gasteiger partial charge in [0.1, 0.15) is 0 Å². The van der Waals surface area contributed by atoms with Crippen molar-refractivity contribution in [2.75, 3.05) is 0 Å². The molecule has 1 fully saturated rings. The highest BCUT2D eigenvalue weighted by Gasteiger charge is 2.45. The van der Waals surface area contributed by atoms with Gasteiger partial charge in [-0.2, -0.15) is 0 Å². The van der Waals surface area contributed by atoms with Gasteiger partial charge in [-0.05, 0) is 66.5 Å². The van der Waals surface area contributed by atoms with E-state index in [1.54, 1.807) is 0 Å². The number of hydrogen-bond donors (Lipinski definition) is 0. The molecule has 0 heterocycles. The summed E-state index contributed by atoms with van der Waals surface area (Å²) in [4.78, 5) is 16.8. The Bertz CT molecular complexity index is 729. The minimum Gasteiger partial charge on any atom is -0.519 e. The van der Waals surface area contributed by atoms with Crippen LogP contribution in [0.3, 0.4) is 0 Å². The van der Waals surface area contributed by atoms with Gasteiger partial charge in [-0.3, -0.25) is 4.79 Å². The molecule has 1 rings (SSSR count). The van der Waals surface area contributed by atoms with Crippen LogP contribution in [-0.4, -0.2) is 34.7 Å². The standard InChI is InChI=1S/C27H55N3O3Si2/c1-20(2)22(25(31)33-35(11,12)27(6,7)8)19-24(32-34(9,10)26(3,4)5)23(29-30-28)18-21-16-14-13-15-17-21/h20-24H,13-19H2,1-12H3/t22-,23-,24-/m0/s1. The molecule has 0 unspecified atom stereocenters. The third-order valence-electron chi connectivity index (χ3n) is 8.94. The van der Waals surface area contributed by atoms with Gasteiger partial charge in [-0.15, -0.1) is 0 Å². The minimum absolute atomic E-state index is 0.0198. The van der Waals surface area contributed by atoms with Gasteiger partial charge < -0.3 is 8.85 Å². The molecule has 1 aliphatic carbocycles. The smallest absolute Gasteiger partial charge is 0.295 e. The first kappa shape index (κ1) is 32.2. The van der Waals surface area contributed by atoms with Crippen LogP contribution >= 0.6 is 0 Å². The van der Waals surface area contributed by atoms with Gasteiger partial charge in [-0.1, -0.05) is 92.6 Å². The monoisotopic (exact) mass is 525 g/mol. The van der Waals surface area contributed by atoms with Crippen LogP contribution in [0.4, 0.5) is 0 Å². The molecule has 0 bridgehead atoms. The van der Waals surface area contributed by atoms with Crippen molar-refractivity contribution in [3.8, 4) is 0 Å². The molecule has 35 heavy (non-hydrogen) atoms. The van der Waals surface area contributed by atoms with Gasteiger partial charge in [0.25, 0.3) is 14.3 Å². The normalized spacial score (nSPS) is 19.1. The van der Waals surface area contributed by atoms with Gasteiger partial charge in [0.2, 0.25) is 0 Å². The van der Waals surface area contributed by atoms with Crippen LogP contribution in [-0.2, 0) is 13.6 Å². The van der Waals surface area contributed by atoms with E-state index in [-0.39, 0.29) is 40.0 Å². The van der Waals surface area contributed by atoms with E-state index in [1.807, 2.05) is 0 Å². The largest absolute Gasteiger partial charge is 0.519 e. The van der Waals surface area contributed by atoms with Gasteiger partial charge in [-0.25, -0.2) is 0 Å². The first-order chi connectivity index (χ1) is 15.8. The fraction of sp³-hybridized carbons (Fsp3) is 0.963. The average molecular weight is 526 g/mol. The maximum atomic E-state index is 13.6. The first-order valence-corrected chi connectivity index (χ1v) is 19.6. The maximum Gasteiger partial charge on any atom is 0.295 e. The SMILES string of the molecule is CC(C)[C@H](C[C@H](O[Si](C)(C)C(C)(C)C)[C@H](CC1CCCCC1)N=[N+]=[N-])C(=O)O[Si](C)(C)C(C)(C)C. The molecule has 1 saturated carbocycles. The van der Waals surface area contributed by atoms with E-state index >= 15 is 0 Å². The lowest BCUT2D eigenvalue weighted by atomic mass is 9.81. The lowest BCUT2D eigenvalue weighted by Crippen LogP contribution is -2.49. The summed E-state index contributed by atoms with van der Waals surface area (Å²) < 4.78 is 13.2. The molecule has 0 aromatic carbocycles. The van der Waals surface area contributed by atoms with Crippen molar-refractivity contribution in [1.29, 1.82) is 0 Å². The van der Waals surface area contributed by atoms with Crippen LogP contribution in [0, 0.1) is 17.8 Å². The van der Waals surface area contributed by atoms with Gasteiger partial charge >= 0.3 is 0 Å². The molecule has 0 spiro atoms. The fourth-order valence-corrected chi connectivity index (χ4v) is 6.64. The van der Waals surface area contributed by atoms with Gasteiger partial charge in [0.05, 0.1) is 18.1 Å². The predicted octanol–water partition coefficient (Wildman–Crippen LogP) is 9.24. The number of azide groups is 1. The summed E-state index contributed by atoms with van der Waals surface area (Å²) >= 11 is 0. The summed E-state index contributed by atoms with van der Waals surface area (Å²) in [6, 6.07) is -0.265. The van der Waals surface area contributed by atoms with Crippen LogP contribution < -0.4 is 0 Å². The molecule has 6 nitrogen and oxygen atoms in total. The highest BCUT2D eigenvalue weighted by molar-refractivity contribution is 6.75. The van der Waals surface area contributed by atoms with Crippen LogP contribution in [0.25, 0.3) is 10.4 Å².